The number of aliphatic hydroxyl groups is 1. The number of benzene rings is 1. The number of aliphatic hydroxyl groups excluding tert-OH is 1. The van der Waals surface area contributed by atoms with Crippen molar-refractivity contribution >= 4 is 21.6 Å². The van der Waals surface area contributed by atoms with Crippen LogP contribution in [0.2, 0.25) is 5.02 Å². The second-order valence-corrected chi connectivity index (χ2v) is 8.04. The molecule has 23 heavy (non-hydrogen) atoms. The van der Waals surface area contributed by atoms with Crippen LogP contribution in [0.3, 0.4) is 0 Å². The van der Waals surface area contributed by atoms with E-state index >= 15 is 0 Å². The fourth-order valence-electron chi connectivity index (χ4n) is 2.46. The lowest BCUT2D eigenvalue weighted by Crippen LogP contribution is -2.43. The zero-order valence-corrected chi connectivity index (χ0v) is 15.5. The number of unbranched alkanes of at least 4 members (excludes halogenated alkanes) is 3. The molecule has 0 bridgehead atoms. The number of hydrogen-bond acceptors (Lipinski definition) is 3. The number of hydrogen-bond donors (Lipinski definition) is 2. The normalized spacial score (nSPS) is 14.6. The molecule has 132 valence electrons. The molecule has 2 atom stereocenters. The molecular formula is C17H28ClNO3S. The molecule has 0 saturated heterocycles. The molecule has 1 rings (SSSR count). The molecule has 1 aromatic carbocycles. The van der Waals surface area contributed by atoms with E-state index in [1.807, 2.05) is 6.92 Å². The lowest BCUT2D eigenvalue weighted by molar-refractivity contribution is 0.120. The molecule has 4 nitrogen and oxygen atoms in total. The van der Waals surface area contributed by atoms with Gasteiger partial charge in [-0.05, 0) is 31.0 Å². The van der Waals surface area contributed by atoms with Crippen molar-refractivity contribution in [2.24, 2.45) is 0 Å². The molecule has 0 aromatic heterocycles. The van der Waals surface area contributed by atoms with Gasteiger partial charge in [-0.15, -0.1) is 0 Å². The van der Waals surface area contributed by atoms with Crippen molar-refractivity contribution in [3.8, 4) is 0 Å². The van der Waals surface area contributed by atoms with Crippen molar-refractivity contribution in [3.05, 3.63) is 29.3 Å². The average molecular weight is 362 g/mol. The number of sulfonamides is 1. The van der Waals surface area contributed by atoms with Gasteiger partial charge in [0, 0.05) is 11.1 Å². The summed E-state index contributed by atoms with van der Waals surface area (Å²) in [6.07, 6.45) is 5.41. The lowest BCUT2D eigenvalue weighted by Gasteiger charge is -2.24. The molecule has 0 amide bonds. The highest BCUT2D eigenvalue weighted by molar-refractivity contribution is 7.89. The van der Waals surface area contributed by atoms with Gasteiger partial charge in [-0.2, -0.15) is 0 Å². The second kappa shape index (κ2) is 10.3. The Kier molecular flexibility index (Phi) is 9.14. The average Bonchev–Trinajstić information content (AvgIpc) is 2.51. The minimum Gasteiger partial charge on any atom is -0.391 e. The third-order valence-electron chi connectivity index (χ3n) is 3.85. The van der Waals surface area contributed by atoms with E-state index in [0.717, 1.165) is 32.1 Å². The summed E-state index contributed by atoms with van der Waals surface area (Å²) in [6.45, 7) is 4.15. The first-order valence-corrected chi connectivity index (χ1v) is 10.2. The van der Waals surface area contributed by atoms with Gasteiger partial charge in [-0.3, -0.25) is 0 Å². The highest BCUT2D eigenvalue weighted by Crippen LogP contribution is 2.18. The molecule has 0 heterocycles. The van der Waals surface area contributed by atoms with Crippen LogP contribution in [-0.2, 0) is 10.0 Å². The summed E-state index contributed by atoms with van der Waals surface area (Å²) < 4.78 is 27.7. The Labute approximate surface area is 145 Å². The highest BCUT2D eigenvalue weighted by atomic mass is 35.5. The predicted octanol–water partition coefficient (Wildman–Crippen LogP) is 4.12. The smallest absolute Gasteiger partial charge is 0.240 e. The molecular weight excluding hydrogens is 334 g/mol. The summed E-state index contributed by atoms with van der Waals surface area (Å²) in [7, 11) is -3.68. The third-order valence-corrected chi connectivity index (χ3v) is 5.57. The zero-order valence-electron chi connectivity index (χ0n) is 14.0. The van der Waals surface area contributed by atoms with Crippen molar-refractivity contribution < 1.29 is 13.5 Å². The first-order chi connectivity index (χ1) is 10.9. The van der Waals surface area contributed by atoms with Crippen LogP contribution in [0, 0.1) is 0 Å². The quantitative estimate of drug-likeness (QED) is 0.582. The van der Waals surface area contributed by atoms with Crippen molar-refractivity contribution in [3.63, 3.8) is 0 Å². The topological polar surface area (TPSA) is 66.4 Å². The molecule has 0 fully saturated rings. The number of nitrogens with one attached hydrogen (secondary N) is 1. The largest absolute Gasteiger partial charge is 0.391 e. The fraction of sp³-hybridized carbons (Fsp3) is 0.647. The zero-order chi connectivity index (χ0) is 17.3. The van der Waals surface area contributed by atoms with Gasteiger partial charge >= 0.3 is 0 Å². The van der Waals surface area contributed by atoms with Crippen molar-refractivity contribution in [2.75, 3.05) is 0 Å². The monoisotopic (exact) mass is 361 g/mol. The maximum atomic E-state index is 12.5. The molecule has 2 N–H and O–H groups in total. The van der Waals surface area contributed by atoms with Gasteiger partial charge in [0.1, 0.15) is 0 Å². The maximum absolute atomic E-state index is 12.5. The fourth-order valence-corrected chi connectivity index (χ4v) is 4.06. The summed E-state index contributed by atoms with van der Waals surface area (Å²) in [4.78, 5) is 0.132. The van der Waals surface area contributed by atoms with Gasteiger partial charge in [-0.1, -0.05) is 63.6 Å². The summed E-state index contributed by atoms with van der Waals surface area (Å²) in [5.74, 6) is 0. The van der Waals surface area contributed by atoms with Gasteiger partial charge in [0.15, 0.2) is 0 Å². The maximum Gasteiger partial charge on any atom is 0.240 e. The standard InChI is InChI=1S/C17H28ClNO3S/c1-3-5-7-12-17(20)16(11-6-4-2)19-23(21,22)15-10-8-9-14(18)13-15/h8-10,13,16-17,19-20H,3-7,11-12H2,1-2H3/t16-,17?/m0/s1. The molecule has 0 radical (unpaired) electrons. The first kappa shape index (κ1) is 20.4. The minimum absolute atomic E-state index is 0.132. The van der Waals surface area contributed by atoms with E-state index in [-0.39, 0.29) is 4.90 Å². The van der Waals surface area contributed by atoms with Crippen molar-refractivity contribution in [1.82, 2.24) is 4.72 Å². The van der Waals surface area contributed by atoms with E-state index in [2.05, 4.69) is 11.6 Å². The Morgan fingerprint density at radius 3 is 2.43 bits per heavy atom. The van der Waals surface area contributed by atoms with Crippen LogP contribution in [0.5, 0.6) is 0 Å². The van der Waals surface area contributed by atoms with Crippen LogP contribution in [0.4, 0.5) is 0 Å². The second-order valence-electron chi connectivity index (χ2n) is 5.89. The Balaban J connectivity index is 2.82. The Morgan fingerprint density at radius 1 is 1.13 bits per heavy atom. The van der Waals surface area contributed by atoms with Crippen LogP contribution >= 0.6 is 11.6 Å². The van der Waals surface area contributed by atoms with E-state index in [9.17, 15) is 13.5 Å². The van der Waals surface area contributed by atoms with E-state index in [0.29, 0.717) is 17.9 Å². The SMILES string of the molecule is CCCCCC(O)[C@H](CCCC)NS(=O)(=O)c1cccc(Cl)c1. The molecule has 0 spiro atoms. The molecule has 0 aliphatic heterocycles. The van der Waals surface area contributed by atoms with Crippen LogP contribution in [0.1, 0.15) is 58.8 Å². The van der Waals surface area contributed by atoms with E-state index in [1.54, 1.807) is 12.1 Å². The van der Waals surface area contributed by atoms with E-state index in [1.165, 1.54) is 12.1 Å². The van der Waals surface area contributed by atoms with Crippen molar-refractivity contribution in [2.45, 2.75) is 75.8 Å². The van der Waals surface area contributed by atoms with Crippen LogP contribution in [-0.4, -0.2) is 25.7 Å². The van der Waals surface area contributed by atoms with Crippen LogP contribution in [0.15, 0.2) is 29.2 Å². The summed E-state index contributed by atoms with van der Waals surface area (Å²) >= 11 is 5.88. The van der Waals surface area contributed by atoms with Gasteiger partial charge in [0.2, 0.25) is 10.0 Å². The summed E-state index contributed by atoms with van der Waals surface area (Å²) in [5, 5.41) is 10.8. The predicted molar refractivity (Wildman–Crippen MR) is 95.2 cm³/mol. The number of halogens is 1. The summed E-state index contributed by atoms with van der Waals surface area (Å²) in [6, 6.07) is 5.71. The minimum atomic E-state index is -3.68. The van der Waals surface area contributed by atoms with Gasteiger partial charge in [0.25, 0.3) is 0 Å². The molecule has 1 aromatic rings. The van der Waals surface area contributed by atoms with E-state index < -0.39 is 22.2 Å². The molecule has 0 saturated carbocycles. The first-order valence-electron chi connectivity index (χ1n) is 8.36. The van der Waals surface area contributed by atoms with E-state index in [4.69, 9.17) is 11.6 Å². The molecule has 6 heteroatoms. The molecule has 1 unspecified atom stereocenters. The van der Waals surface area contributed by atoms with Crippen LogP contribution in [0.25, 0.3) is 0 Å². The Hall–Kier alpha value is -0.620. The summed E-state index contributed by atoms with van der Waals surface area (Å²) in [5.41, 5.74) is 0. The molecule has 0 aliphatic carbocycles. The lowest BCUT2D eigenvalue weighted by atomic mass is 10.0. The Morgan fingerprint density at radius 2 is 1.83 bits per heavy atom. The third kappa shape index (κ3) is 7.21. The Bertz CT molecular complexity index is 563. The van der Waals surface area contributed by atoms with Gasteiger partial charge < -0.3 is 5.11 Å². The number of rotatable bonds is 11. The van der Waals surface area contributed by atoms with Crippen molar-refractivity contribution in [1.29, 1.82) is 0 Å². The van der Waals surface area contributed by atoms with Gasteiger partial charge in [0.05, 0.1) is 11.0 Å². The van der Waals surface area contributed by atoms with Crippen LogP contribution < -0.4 is 4.72 Å². The highest BCUT2D eigenvalue weighted by Gasteiger charge is 2.25. The van der Waals surface area contributed by atoms with Gasteiger partial charge in [-0.25, -0.2) is 13.1 Å². The molecule has 0 aliphatic rings.